The van der Waals surface area contributed by atoms with Crippen molar-refractivity contribution >= 4 is 51.1 Å². The number of carbonyl (C=O) groups is 1. The van der Waals surface area contributed by atoms with Gasteiger partial charge in [-0.25, -0.2) is 4.79 Å². The van der Waals surface area contributed by atoms with Gasteiger partial charge in [0.05, 0.1) is 23.8 Å². The molecule has 4 rings (SSSR count). The average molecular weight is 509 g/mol. The molecule has 1 fully saturated rings. The fraction of sp³-hybridized carbons (Fsp3) is 0.238. The van der Waals surface area contributed by atoms with Crippen LogP contribution in [0, 0.1) is 3.57 Å². The lowest BCUT2D eigenvalue weighted by atomic mass is 10.1. The number of aromatic nitrogens is 1. The van der Waals surface area contributed by atoms with Gasteiger partial charge in [-0.2, -0.15) is 0 Å². The molecular weight excluding hydrogens is 491 g/mol. The van der Waals surface area contributed by atoms with Crippen molar-refractivity contribution < 1.29 is 14.3 Å². The van der Waals surface area contributed by atoms with Crippen molar-refractivity contribution in [3.05, 3.63) is 68.4 Å². The van der Waals surface area contributed by atoms with Crippen LogP contribution in [0.5, 0.6) is 5.75 Å². The van der Waals surface area contributed by atoms with Gasteiger partial charge in [0.2, 0.25) is 0 Å². The van der Waals surface area contributed by atoms with Crippen LogP contribution in [-0.4, -0.2) is 42.2 Å². The van der Waals surface area contributed by atoms with Crippen molar-refractivity contribution in [3.63, 3.8) is 0 Å². The third kappa shape index (κ3) is 4.30. The Morgan fingerprint density at radius 3 is 2.71 bits per heavy atom. The Balaban J connectivity index is 1.73. The summed E-state index contributed by atoms with van der Waals surface area (Å²) in [6.07, 6.45) is 1.68. The number of benzene rings is 2. The van der Waals surface area contributed by atoms with E-state index >= 15 is 0 Å². The Hall–Kier alpha value is -1.74. The highest BCUT2D eigenvalue weighted by molar-refractivity contribution is 14.1. The number of rotatable bonds is 4. The molecule has 0 saturated carbocycles. The zero-order valence-electron chi connectivity index (χ0n) is 15.0. The fourth-order valence-electron chi connectivity index (χ4n) is 3.20. The molecule has 1 saturated heterocycles. The van der Waals surface area contributed by atoms with E-state index in [1.807, 2.05) is 30.3 Å². The molecule has 0 bridgehead atoms. The van der Waals surface area contributed by atoms with Crippen molar-refractivity contribution in [1.82, 2.24) is 9.88 Å². The van der Waals surface area contributed by atoms with Gasteiger partial charge in [0.25, 0.3) is 0 Å². The molecule has 0 unspecified atom stereocenters. The van der Waals surface area contributed by atoms with E-state index < -0.39 is 5.97 Å². The van der Waals surface area contributed by atoms with Gasteiger partial charge in [0, 0.05) is 40.4 Å². The van der Waals surface area contributed by atoms with Crippen LogP contribution in [0.15, 0.2) is 48.7 Å². The molecular formula is C21H18ClIN2O3. The Bertz CT molecular complexity index is 1000. The quantitative estimate of drug-likeness (QED) is 0.294. The highest BCUT2D eigenvalue weighted by atomic mass is 127. The molecule has 0 atom stereocenters. The van der Waals surface area contributed by atoms with Crippen molar-refractivity contribution in [2.45, 2.75) is 6.54 Å². The molecule has 2 heterocycles. The van der Waals surface area contributed by atoms with Crippen LogP contribution < -0.4 is 4.74 Å². The molecule has 2 aromatic carbocycles. The number of hydrogen-bond acceptors (Lipinski definition) is 5. The van der Waals surface area contributed by atoms with Gasteiger partial charge in [-0.1, -0.05) is 11.6 Å². The highest BCUT2D eigenvalue weighted by Crippen LogP contribution is 2.35. The molecule has 1 aliphatic rings. The molecule has 5 nitrogen and oxygen atoms in total. The number of carbonyl (C=O) groups excluding carboxylic acids is 1. The number of fused-ring (bicyclic) bond motifs is 1. The molecule has 0 amide bonds. The second-order valence-corrected chi connectivity index (χ2v) is 8.18. The highest BCUT2D eigenvalue weighted by Gasteiger charge is 2.21. The second-order valence-electron chi connectivity index (χ2n) is 6.53. The number of halogens is 2. The number of pyridine rings is 1. The monoisotopic (exact) mass is 508 g/mol. The van der Waals surface area contributed by atoms with Crippen molar-refractivity contribution in [3.8, 4) is 5.75 Å². The smallest absolute Gasteiger partial charge is 0.343 e. The topological polar surface area (TPSA) is 51.7 Å². The fourth-order valence-corrected chi connectivity index (χ4v) is 3.84. The zero-order valence-corrected chi connectivity index (χ0v) is 17.9. The summed E-state index contributed by atoms with van der Waals surface area (Å²) in [6.45, 7) is 3.64. The van der Waals surface area contributed by atoms with Gasteiger partial charge in [0.1, 0.15) is 5.52 Å². The van der Waals surface area contributed by atoms with Gasteiger partial charge < -0.3 is 9.47 Å². The minimum Gasteiger partial charge on any atom is -0.420 e. The maximum Gasteiger partial charge on any atom is 0.343 e. The lowest BCUT2D eigenvalue weighted by molar-refractivity contribution is 0.0337. The number of nitrogens with zero attached hydrogens (tertiary/aromatic N) is 2. The molecule has 28 heavy (non-hydrogen) atoms. The summed E-state index contributed by atoms with van der Waals surface area (Å²) >= 11 is 8.70. The van der Waals surface area contributed by atoms with Gasteiger partial charge in [-0.05, 0) is 65.1 Å². The standard InChI is InChI=1S/C21H18ClIN2O3/c22-18-12-15(13-25-8-10-27-11-9-25)20(19-17(18)2-1-7-24-19)28-21(26)14-3-5-16(23)6-4-14/h1-7,12H,8-11,13H2. The minimum absolute atomic E-state index is 0.408. The first kappa shape index (κ1) is 19.6. The first-order valence-corrected chi connectivity index (χ1v) is 10.4. The van der Waals surface area contributed by atoms with Crippen LogP contribution in [-0.2, 0) is 11.3 Å². The Labute approximate surface area is 181 Å². The number of ether oxygens (including phenoxy) is 2. The predicted octanol–water partition coefficient (Wildman–Crippen LogP) is 4.54. The van der Waals surface area contributed by atoms with Gasteiger partial charge in [-0.15, -0.1) is 0 Å². The van der Waals surface area contributed by atoms with Crippen molar-refractivity contribution in [1.29, 1.82) is 0 Å². The average Bonchev–Trinajstić information content (AvgIpc) is 2.72. The summed E-state index contributed by atoms with van der Waals surface area (Å²) in [5.41, 5.74) is 1.94. The summed E-state index contributed by atoms with van der Waals surface area (Å²) < 4.78 is 12.3. The molecule has 144 valence electrons. The van der Waals surface area contributed by atoms with Crippen LogP contribution in [0.25, 0.3) is 10.9 Å². The molecule has 3 aromatic rings. The van der Waals surface area contributed by atoms with Crippen LogP contribution in [0.1, 0.15) is 15.9 Å². The predicted molar refractivity (Wildman–Crippen MR) is 117 cm³/mol. The summed E-state index contributed by atoms with van der Waals surface area (Å²) in [5, 5.41) is 1.36. The van der Waals surface area contributed by atoms with E-state index in [2.05, 4.69) is 32.5 Å². The van der Waals surface area contributed by atoms with Gasteiger partial charge in [0.15, 0.2) is 5.75 Å². The van der Waals surface area contributed by atoms with Crippen LogP contribution in [0.2, 0.25) is 5.02 Å². The maximum atomic E-state index is 12.8. The summed E-state index contributed by atoms with van der Waals surface area (Å²) in [7, 11) is 0. The molecule has 1 aromatic heterocycles. The van der Waals surface area contributed by atoms with Crippen LogP contribution >= 0.6 is 34.2 Å². The van der Waals surface area contributed by atoms with E-state index in [9.17, 15) is 4.79 Å². The SMILES string of the molecule is O=C(Oc1c(CN2CCOCC2)cc(Cl)c2cccnc12)c1ccc(I)cc1. The lowest BCUT2D eigenvalue weighted by Crippen LogP contribution is -2.35. The normalized spacial score (nSPS) is 14.9. The molecule has 7 heteroatoms. The van der Waals surface area contributed by atoms with E-state index in [0.717, 1.165) is 27.6 Å². The van der Waals surface area contributed by atoms with E-state index in [4.69, 9.17) is 21.1 Å². The Morgan fingerprint density at radius 1 is 1.21 bits per heavy atom. The van der Waals surface area contributed by atoms with Crippen molar-refractivity contribution in [2.24, 2.45) is 0 Å². The van der Waals surface area contributed by atoms with E-state index in [1.54, 1.807) is 18.3 Å². The summed E-state index contributed by atoms with van der Waals surface area (Å²) in [4.78, 5) is 19.5. The maximum absolute atomic E-state index is 12.8. The number of morpholine rings is 1. The number of hydrogen-bond donors (Lipinski definition) is 0. The van der Waals surface area contributed by atoms with E-state index in [-0.39, 0.29) is 0 Å². The Morgan fingerprint density at radius 2 is 1.96 bits per heavy atom. The summed E-state index contributed by atoms with van der Waals surface area (Å²) in [5.74, 6) is 0.0592. The Kier molecular flexibility index (Phi) is 6.10. The minimum atomic E-state index is -0.408. The van der Waals surface area contributed by atoms with Crippen LogP contribution in [0.3, 0.4) is 0 Å². The first-order valence-electron chi connectivity index (χ1n) is 8.96. The summed E-state index contributed by atoms with van der Waals surface area (Å²) in [6, 6.07) is 12.9. The molecule has 0 spiro atoms. The van der Waals surface area contributed by atoms with E-state index in [1.165, 1.54) is 0 Å². The van der Waals surface area contributed by atoms with Gasteiger partial charge in [-0.3, -0.25) is 9.88 Å². The van der Waals surface area contributed by atoms with Gasteiger partial charge >= 0.3 is 5.97 Å². The number of esters is 1. The molecule has 1 aliphatic heterocycles. The molecule has 0 radical (unpaired) electrons. The van der Waals surface area contributed by atoms with Crippen molar-refractivity contribution in [2.75, 3.05) is 26.3 Å². The third-order valence-corrected chi connectivity index (χ3v) is 5.68. The zero-order chi connectivity index (χ0) is 19.5. The second kappa shape index (κ2) is 8.73. The van der Waals surface area contributed by atoms with E-state index in [0.29, 0.717) is 41.6 Å². The third-order valence-electron chi connectivity index (χ3n) is 4.65. The lowest BCUT2D eigenvalue weighted by Gasteiger charge is -2.27. The first-order chi connectivity index (χ1) is 13.6. The largest absolute Gasteiger partial charge is 0.420 e. The van der Waals surface area contributed by atoms with Crippen LogP contribution in [0.4, 0.5) is 0 Å². The molecule has 0 aliphatic carbocycles. The molecule has 0 N–H and O–H groups in total.